The fourth-order valence-corrected chi connectivity index (χ4v) is 4.06. The molecule has 0 saturated carbocycles. The Kier molecular flexibility index (Phi) is 6.31. The molecule has 0 radical (unpaired) electrons. The van der Waals surface area contributed by atoms with Crippen LogP contribution in [0.1, 0.15) is 50.8 Å². The summed E-state index contributed by atoms with van der Waals surface area (Å²) in [5.41, 5.74) is 4.15. The molecule has 1 aliphatic rings. The maximum atomic E-state index is 15.1. The van der Waals surface area contributed by atoms with Crippen molar-refractivity contribution in [2.45, 2.75) is 46.6 Å². The molecule has 3 rings (SSSR count). The number of nitriles is 1. The first kappa shape index (κ1) is 22.3. The van der Waals surface area contributed by atoms with Gasteiger partial charge in [-0.2, -0.15) is 5.26 Å². The molecule has 0 unspecified atom stereocenters. The van der Waals surface area contributed by atoms with Crippen LogP contribution < -0.4 is 10.2 Å². The summed E-state index contributed by atoms with van der Waals surface area (Å²) in [5, 5.41) is 12.3. The van der Waals surface area contributed by atoms with E-state index in [4.69, 9.17) is 0 Å². The van der Waals surface area contributed by atoms with Crippen molar-refractivity contribution >= 4 is 28.9 Å². The zero-order chi connectivity index (χ0) is 22.8. The Morgan fingerprint density at radius 1 is 1.26 bits per heavy atom. The van der Waals surface area contributed by atoms with Crippen LogP contribution in [0.25, 0.3) is 11.6 Å². The second kappa shape index (κ2) is 8.77. The SMILES string of the molecule is CCCN1c2cc(F)c(/C=C(\C#N)C(=O)Nc3ccccc3C)cc2C(C)=CC1(C)C. The number of aryl methyl sites for hydroxylation is 1. The Morgan fingerprint density at radius 2 is 1.97 bits per heavy atom. The largest absolute Gasteiger partial charge is 0.362 e. The average molecular weight is 418 g/mol. The van der Waals surface area contributed by atoms with Crippen LogP contribution in [-0.4, -0.2) is 18.0 Å². The molecule has 0 fully saturated rings. The van der Waals surface area contributed by atoms with Crippen LogP contribution in [0.2, 0.25) is 0 Å². The third-order valence-electron chi connectivity index (χ3n) is 5.60. The number of benzene rings is 2. The number of rotatable bonds is 5. The predicted octanol–water partition coefficient (Wildman–Crippen LogP) is 6.09. The third-order valence-corrected chi connectivity index (χ3v) is 5.60. The molecule has 0 aromatic heterocycles. The van der Waals surface area contributed by atoms with Crippen LogP contribution in [-0.2, 0) is 4.79 Å². The lowest BCUT2D eigenvalue weighted by molar-refractivity contribution is -0.112. The van der Waals surface area contributed by atoms with Crippen molar-refractivity contribution in [1.82, 2.24) is 0 Å². The maximum absolute atomic E-state index is 15.1. The molecule has 160 valence electrons. The van der Waals surface area contributed by atoms with Gasteiger partial charge in [-0.3, -0.25) is 4.79 Å². The van der Waals surface area contributed by atoms with Crippen LogP contribution in [0, 0.1) is 24.1 Å². The van der Waals surface area contributed by atoms with E-state index in [1.54, 1.807) is 18.2 Å². The number of amides is 1. The van der Waals surface area contributed by atoms with Crippen LogP contribution in [0.5, 0.6) is 0 Å². The minimum Gasteiger partial charge on any atom is -0.362 e. The molecule has 0 aliphatic carbocycles. The smallest absolute Gasteiger partial charge is 0.266 e. The predicted molar refractivity (Wildman–Crippen MR) is 125 cm³/mol. The summed E-state index contributed by atoms with van der Waals surface area (Å²) in [4.78, 5) is 14.8. The summed E-state index contributed by atoms with van der Waals surface area (Å²) >= 11 is 0. The number of hydrogen-bond acceptors (Lipinski definition) is 3. The molecule has 2 aromatic rings. The Labute approximate surface area is 183 Å². The van der Waals surface area contributed by atoms with Gasteiger partial charge in [-0.15, -0.1) is 0 Å². The van der Waals surface area contributed by atoms with Crippen molar-refractivity contribution in [3.8, 4) is 6.07 Å². The van der Waals surface area contributed by atoms with Crippen LogP contribution >= 0.6 is 0 Å². The number of nitrogens with zero attached hydrogens (tertiary/aromatic N) is 2. The van der Waals surface area contributed by atoms with E-state index in [1.807, 2.05) is 32.0 Å². The lowest BCUT2D eigenvalue weighted by atomic mass is 9.87. The summed E-state index contributed by atoms with van der Waals surface area (Å²) < 4.78 is 15.1. The molecule has 2 aromatic carbocycles. The molecule has 0 bridgehead atoms. The fraction of sp³-hybridized carbons (Fsp3) is 0.308. The molecule has 1 aliphatic heterocycles. The molecule has 0 atom stereocenters. The molecule has 0 saturated heterocycles. The number of para-hydroxylation sites is 1. The lowest BCUT2D eigenvalue weighted by Gasteiger charge is -2.43. The molecular weight excluding hydrogens is 389 g/mol. The van der Waals surface area contributed by atoms with Crippen molar-refractivity contribution in [2.75, 3.05) is 16.8 Å². The Bertz CT molecular complexity index is 1120. The average Bonchev–Trinajstić information content (AvgIpc) is 2.71. The summed E-state index contributed by atoms with van der Waals surface area (Å²) in [6.45, 7) is 11.0. The zero-order valence-electron chi connectivity index (χ0n) is 18.7. The normalized spacial score (nSPS) is 15.1. The van der Waals surface area contributed by atoms with E-state index >= 15 is 4.39 Å². The minimum absolute atomic E-state index is 0.148. The second-order valence-corrected chi connectivity index (χ2v) is 8.46. The number of carbonyl (C=O) groups is 1. The highest BCUT2D eigenvalue weighted by Gasteiger charge is 2.31. The molecule has 31 heavy (non-hydrogen) atoms. The van der Waals surface area contributed by atoms with E-state index in [-0.39, 0.29) is 16.7 Å². The number of nitrogens with one attached hydrogen (secondary N) is 1. The number of fused-ring (bicyclic) bond motifs is 1. The minimum atomic E-state index is -0.560. The summed E-state index contributed by atoms with van der Waals surface area (Å²) in [6.07, 6.45) is 4.43. The number of carbonyl (C=O) groups excluding carboxylic acids is 1. The number of anilines is 2. The third kappa shape index (κ3) is 4.54. The van der Waals surface area contributed by atoms with Crippen LogP contribution in [0.3, 0.4) is 0 Å². The molecule has 0 spiro atoms. The number of hydrogen-bond donors (Lipinski definition) is 1. The van der Waals surface area contributed by atoms with Gasteiger partial charge in [0.25, 0.3) is 5.91 Å². The van der Waals surface area contributed by atoms with Crippen molar-refractivity contribution in [1.29, 1.82) is 5.26 Å². The summed E-state index contributed by atoms with van der Waals surface area (Å²) in [6, 6.07) is 12.5. The standard InChI is InChI=1S/C26H28FN3O/c1-6-11-30-24-14-22(27)19(13-21(24)18(3)15-26(30,4)5)12-20(16-28)25(31)29-23-10-8-7-9-17(23)2/h7-10,12-15H,6,11H2,1-5H3,(H,29,31)/b20-12+. The van der Waals surface area contributed by atoms with E-state index in [2.05, 4.69) is 37.1 Å². The van der Waals surface area contributed by atoms with E-state index in [0.29, 0.717) is 5.69 Å². The highest BCUT2D eigenvalue weighted by molar-refractivity contribution is 6.10. The maximum Gasteiger partial charge on any atom is 0.266 e. The Morgan fingerprint density at radius 3 is 2.61 bits per heavy atom. The van der Waals surface area contributed by atoms with Gasteiger partial charge in [0.1, 0.15) is 17.5 Å². The second-order valence-electron chi connectivity index (χ2n) is 8.46. The van der Waals surface area contributed by atoms with Crippen LogP contribution in [0.4, 0.5) is 15.8 Å². The van der Waals surface area contributed by atoms with Gasteiger partial charge in [0, 0.05) is 29.0 Å². The summed E-state index contributed by atoms with van der Waals surface area (Å²) in [7, 11) is 0. The van der Waals surface area contributed by atoms with Gasteiger partial charge < -0.3 is 10.2 Å². The summed E-state index contributed by atoms with van der Waals surface area (Å²) in [5.74, 6) is -1.02. The van der Waals surface area contributed by atoms with Gasteiger partial charge in [-0.25, -0.2) is 4.39 Å². The van der Waals surface area contributed by atoms with Gasteiger partial charge in [0.05, 0.1) is 5.54 Å². The van der Waals surface area contributed by atoms with Gasteiger partial charge >= 0.3 is 0 Å². The zero-order valence-corrected chi connectivity index (χ0v) is 18.7. The molecule has 1 N–H and O–H groups in total. The van der Waals surface area contributed by atoms with E-state index in [9.17, 15) is 10.1 Å². The quantitative estimate of drug-likeness (QED) is 0.473. The van der Waals surface area contributed by atoms with Gasteiger partial charge in [-0.1, -0.05) is 31.2 Å². The molecular formula is C26H28FN3O. The lowest BCUT2D eigenvalue weighted by Crippen LogP contribution is -2.45. The first-order chi connectivity index (χ1) is 14.7. The number of halogens is 1. The van der Waals surface area contributed by atoms with Crippen molar-refractivity contribution < 1.29 is 9.18 Å². The van der Waals surface area contributed by atoms with E-state index in [0.717, 1.165) is 35.4 Å². The van der Waals surface area contributed by atoms with Crippen LogP contribution in [0.15, 0.2) is 48.0 Å². The van der Waals surface area contributed by atoms with Gasteiger partial charge in [-0.05, 0) is 69.5 Å². The Balaban J connectivity index is 2.01. The number of allylic oxidation sites excluding steroid dienone is 1. The van der Waals surface area contributed by atoms with Crippen molar-refractivity contribution in [3.63, 3.8) is 0 Å². The molecule has 1 amide bonds. The van der Waals surface area contributed by atoms with E-state index < -0.39 is 11.7 Å². The van der Waals surface area contributed by atoms with E-state index in [1.165, 1.54) is 12.1 Å². The first-order valence-electron chi connectivity index (χ1n) is 10.5. The Hall–Kier alpha value is -3.39. The highest BCUT2D eigenvalue weighted by Crippen LogP contribution is 2.40. The topological polar surface area (TPSA) is 56.1 Å². The van der Waals surface area contributed by atoms with Crippen molar-refractivity contribution in [3.05, 3.63) is 70.6 Å². The first-order valence-corrected chi connectivity index (χ1v) is 10.5. The highest BCUT2D eigenvalue weighted by atomic mass is 19.1. The molecule has 4 nitrogen and oxygen atoms in total. The fourth-order valence-electron chi connectivity index (χ4n) is 4.06. The van der Waals surface area contributed by atoms with Gasteiger partial charge in [0.15, 0.2) is 0 Å². The molecule has 1 heterocycles. The monoisotopic (exact) mass is 417 g/mol. The molecule has 5 heteroatoms. The van der Waals surface area contributed by atoms with Gasteiger partial charge in [0.2, 0.25) is 0 Å². The van der Waals surface area contributed by atoms with Crippen molar-refractivity contribution in [2.24, 2.45) is 0 Å².